The van der Waals surface area contributed by atoms with Crippen LogP contribution in [0.1, 0.15) is 33.1 Å². The average molecular weight is 240 g/mol. The van der Waals surface area contributed by atoms with E-state index in [1.165, 1.54) is 5.70 Å². The standard InChI is InChI=1S/C13H24N2O2/c1-8(2)14-6-5-10-7-9-3-4-11(16)13(17)12(9)15-10/h7-9,11-17H,3-6H2,1-2H3. The molecule has 0 amide bonds. The van der Waals surface area contributed by atoms with Crippen LogP contribution in [0.5, 0.6) is 0 Å². The summed E-state index contributed by atoms with van der Waals surface area (Å²) in [4.78, 5) is 0. The monoisotopic (exact) mass is 240 g/mol. The highest BCUT2D eigenvalue weighted by Gasteiger charge is 2.39. The molecule has 0 aromatic heterocycles. The smallest absolute Gasteiger partial charge is 0.100 e. The van der Waals surface area contributed by atoms with E-state index in [9.17, 15) is 10.2 Å². The van der Waals surface area contributed by atoms with Crippen LogP contribution in [0.3, 0.4) is 0 Å². The van der Waals surface area contributed by atoms with Gasteiger partial charge in [0.05, 0.1) is 12.1 Å². The average Bonchev–Trinajstić information content (AvgIpc) is 2.67. The van der Waals surface area contributed by atoms with Gasteiger partial charge in [0.2, 0.25) is 0 Å². The van der Waals surface area contributed by atoms with Gasteiger partial charge in [-0.1, -0.05) is 19.9 Å². The summed E-state index contributed by atoms with van der Waals surface area (Å²) < 4.78 is 0. The summed E-state index contributed by atoms with van der Waals surface area (Å²) in [5.41, 5.74) is 1.21. The first-order chi connectivity index (χ1) is 8.08. The molecule has 98 valence electrons. The molecule has 17 heavy (non-hydrogen) atoms. The van der Waals surface area contributed by atoms with Gasteiger partial charge in [0.15, 0.2) is 0 Å². The number of aliphatic hydroxyl groups is 2. The SMILES string of the molecule is CC(C)NCCC1=CC2CCC(O)C(O)C2N1. The van der Waals surface area contributed by atoms with Crippen LogP contribution < -0.4 is 10.6 Å². The van der Waals surface area contributed by atoms with Crippen LogP contribution >= 0.6 is 0 Å². The van der Waals surface area contributed by atoms with Crippen LogP contribution in [0, 0.1) is 5.92 Å². The molecule has 2 aliphatic rings. The molecular weight excluding hydrogens is 216 g/mol. The van der Waals surface area contributed by atoms with E-state index in [2.05, 4.69) is 30.6 Å². The highest BCUT2D eigenvalue weighted by Crippen LogP contribution is 2.32. The van der Waals surface area contributed by atoms with E-state index in [0.717, 1.165) is 19.4 Å². The van der Waals surface area contributed by atoms with Crippen molar-refractivity contribution < 1.29 is 10.2 Å². The minimum atomic E-state index is -0.624. The second-order valence-corrected chi connectivity index (χ2v) is 5.52. The Morgan fingerprint density at radius 2 is 2.18 bits per heavy atom. The Bertz CT molecular complexity index is 291. The molecule has 4 unspecified atom stereocenters. The zero-order chi connectivity index (χ0) is 12.4. The molecule has 0 bridgehead atoms. The Hall–Kier alpha value is -0.580. The molecule has 4 heteroatoms. The third-order valence-corrected chi connectivity index (χ3v) is 3.73. The van der Waals surface area contributed by atoms with Gasteiger partial charge in [-0.15, -0.1) is 0 Å². The molecule has 0 spiro atoms. The molecule has 0 saturated heterocycles. The van der Waals surface area contributed by atoms with E-state index >= 15 is 0 Å². The molecule has 0 aromatic rings. The summed E-state index contributed by atoms with van der Waals surface area (Å²) in [6, 6.07) is 0.527. The number of hydrogen-bond donors (Lipinski definition) is 4. The van der Waals surface area contributed by atoms with Crippen molar-refractivity contribution in [2.24, 2.45) is 5.92 Å². The summed E-state index contributed by atoms with van der Waals surface area (Å²) >= 11 is 0. The number of fused-ring (bicyclic) bond motifs is 1. The third-order valence-electron chi connectivity index (χ3n) is 3.73. The molecule has 4 atom stereocenters. The molecule has 1 fully saturated rings. The molecule has 1 heterocycles. The summed E-state index contributed by atoms with van der Waals surface area (Å²) in [6.45, 7) is 5.22. The van der Waals surface area contributed by atoms with Gasteiger partial charge in [0, 0.05) is 24.2 Å². The van der Waals surface area contributed by atoms with Crippen LogP contribution in [0.25, 0.3) is 0 Å². The van der Waals surface area contributed by atoms with Crippen LogP contribution in [0.15, 0.2) is 11.8 Å². The van der Waals surface area contributed by atoms with Gasteiger partial charge >= 0.3 is 0 Å². The van der Waals surface area contributed by atoms with Gasteiger partial charge in [0.1, 0.15) is 6.10 Å². The lowest BCUT2D eigenvalue weighted by atomic mass is 9.82. The fourth-order valence-corrected chi connectivity index (χ4v) is 2.76. The lowest BCUT2D eigenvalue weighted by molar-refractivity contribution is -0.0356. The molecule has 1 saturated carbocycles. The molecular formula is C13H24N2O2. The zero-order valence-electron chi connectivity index (χ0n) is 10.7. The second-order valence-electron chi connectivity index (χ2n) is 5.52. The lowest BCUT2D eigenvalue weighted by Crippen LogP contribution is -2.50. The van der Waals surface area contributed by atoms with Crippen molar-refractivity contribution in [3.05, 3.63) is 11.8 Å². The number of hydrogen-bond acceptors (Lipinski definition) is 4. The Kier molecular flexibility index (Phi) is 4.07. The van der Waals surface area contributed by atoms with E-state index in [0.29, 0.717) is 18.4 Å². The molecule has 2 rings (SSSR count). The van der Waals surface area contributed by atoms with Gasteiger partial charge in [0.25, 0.3) is 0 Å². The predicted molar refractivity (Wildman–Crippen MR) is 67.5 cm³/mol. The Morgan fingerprint density at radius 1 is 1.41 bits per heavy atom. The van der Waals surface area contributed by atoms with E-state index in [1.807, 2.05) is 0 Å². The highest BCUT2D eigenvalue weighted by atomic mass is 16.3. The van der Waals surface area contributed by atoms with Crippen molar-refractivity contribution in [1.82, 2.24) is 10.6 Å². The summed E-state index contributed by atoms with van der Waals surface area (Å²) in [5, 5.41) is 26.3. The van der Waals surface area contributed by atoms with Crippen molar-refractivity contribution >= 4 is 0 Å². The molecule has 0 radical (unpaired) electrons. The topological polar surface area (TPSA) is 64.5 Å². The van der Waals surface area contributed by atoms with Gasteiger partial charge in [-0.3, -0.25) is 0 Å². The Labute approximate surface area is 103 Å². The number of nitrogens with one attached hydrogen (secondary N) is 2. The van der Waals surface area contributed by atoms with E-state index < -0.39 is 12.2 Å². The summed E-state index contributed by atoms with van der Waals surface area (Å²) in [5.74, 6) is 0.391. The maximum absolute atomic E-state index is 9.92. The van der Waals surface area contributed by atoms with Crippen LogP contribution in [0.4, 0.5) is 0 Å². The Balaban J connectivity index is 1.83. The first kappa shape index (κ1) is 12.9. The minimum absolute atomic E-state index is 0.0211. The van der Waals surface area contributed by atoms with Crippen molar-refractivity contribution in [2.45, 2.75) is 57.4 Å². The maximum atomic E-state index is 9.92. The minimum Gasteiger partial charge on any atom is -0.390 e. The van der Waals surface area contributed by atoms with Crippen molar-refractivity contribution in [1.29, 1.82) is 0 Å². The highest BCUT2D eigenvalue weighted by molar-refractivity contribution is 5.17. The Morgan fingerprint density at radius 3 is 2.88 bits per heavy atom. The van der Waals surface area contributed by atoms with Crippen molar-refractivity contribution in [3.63, 3.8) is 0 Å². The first-order valence-corrected chi connectivity index (χ1v) is 6.64. The van der Waals surface area contributed by atoms with E-state index in [1.54, 1.807) is 0 Å². The normalized spacial score (nSPS) is 36.6. The van der Waals surface area contributed by atoms with Gasteiger partial charge in [-0.2, -0.15) is 0 Å². The lowest BCUT2D eigenvalue weighted by Gasteiger charge is -2.34. The predicted octanol–water partition coefficient (Wildman–Crippen LogP) is 0.362. The first-order valence-electron chi connectivity index (χ1n) is 6.64. The summed E-state index contributed by atoms with van der Waals surface area (Å²) in [7, 11) is 0. The van der Waals surface area contributed by atoms with E-state index in [-0.39, 0.29) is 6.04 Å². The molecule has 4 N–H and O–H groups in total. The van der Waals surface area contributed by atoms with Gasteiger partial charge in [-0.25, -0.2) is 0 Å². The molecule has 1 aliphatic carbocycles. The van der Waals surface area contributed by atoms with Crippen LogP contribution in [-0.2, 0) is 0 Å². The fourth-order valence-electron chi connectivity index (χ4n) is 2.76. The van der Waals surface area contributed by atoms with Crippen molar-refractivity contribution in [3.8, 4) is 0 Å². The second kappa shape index (κ2) is 5.38. The van der Waals surface area contributed by atoms with Crippen LogP contribution in [-0.4, -0.2) is 41.0 Å². The fraction of sp³-hybridized carbons (Fsp3) is 0.846. The van der Waals surface area contributed by atoms with Crippen LogP contribution in [0.2, 0.25) is 0 Å². The zero-order valence-corrected chi connectivity index (χ0v) is 10.7. The van der Waals surface area contributed by atoms with E-state index in [4.69, 9.17) is 0 Å². The number of aliphatic hydroxyl groups excluding tert-OH is 2. The van der Waals surface area contributed by atoms with Crippen molar-refractivity contribution in [2.75, 3.05) is 6.54 Å². The summed E-state index contributed by atoms with van der Waals surface area (Å²) in [6.07, 6.45) is 3.69. The largest absolute Gasteiger partial charge is 0.390 e. The third kappa shape index (κ3) is 3.00. The van der Waals surface area contributed by atoms with Gasteiger partial charge in [-0.05, 0) is 19.3 Å². The molecule has 4 nitrogen and oxygen atoms in total. The molecule has 1 aliphatic heterocycles. The maximum Gasteiger partial charge on any atom is 0.100 e. The molecule has 0 aromatic carbocycles. The number of rotatable bonds is 4. The quantitative estimate of drug-likeness (QED) is 0.573. The van der Waals surface area contributed by atoms with Gasteiger partial charge < -0.3 is 20.8 Å².